The summed E-state index contributed by atoms with van der Waals surface area (Å²) in [6, 6.07) is 10.6. The van der Waals surface area contributed by atoms with Gasteiger partial charge in [-0.1, -0.05) is 29.3 Å². The summed E-state index contributed by atoms with van der Waals surface area (Å²) in [5, 5.41) is 3.92. The number of pyridine rings is 1. The second-order valence-electron chi connectivity index (χ2n) is 7.56. The van der Waals surface area contributed by atoms with E-state index >= 15 is 4.39 Å². The highest BCUT2D eigenvalue weighted by atomic mass is 35.5. The molecule has 29 heavy (non-hydrogen) atoms. The molecule has 0 spiro atoms. The molecule has 1 fully saturated rings. The number of amides is 1. The predicted molar refractivity (Wildman–Crippen MR) is 116 cm³/mol. The molecule has 1 aliphatic rings. The first-order chi connectivity index (χ1) is 13.8. The lowest BCUT2D eigenvalue weighted by atomic mass is 9.92. The molecule has 1 aromatic heterocycles. The molecule has 3 rings (SSSR count). The molecule has 0 atom stereocenters. The van der Waals surface area contributed by atoms with Gasteiger partial charge in [0.1, 0.15) is 11.5 Å². The van der Waals surface area contributed by atoms with Crippen LogP contribution in [0.4, 0.5) is 10.2 Å². The molecule has 0 saturated carbocycles. The first-order valence-corrected chi connectivity index (χ1v) is 10.3. The van der Waals surface area contributed by atoms with Crippen LogP contribution in [0.3, 0.4) is 0 Å². The van der Waals surface area contributed by atoms with Crippen molar-refractivity contribution in [1.29, 1.82) is 0 Å². The van der Waals surface area contributed by atoms with Crippen LogP contribution in [-0.2, 0) is 6.54 Å². The zero-order valence-electron chi connectivity index (χ0n) is 16.6. The molecule has 1 saturated heterocycles. The van der Waals surface area contributed by atoms with E-state index in [1.807, 2.05) is 37.2 Å². The lowest BCUT2D eigenvalue weighted by Gasteiger charge is -2.36. The van der Waals surface area contributed by atoms with E-state index in [-0.39, 0.29) is 25.3 Å². The fourth-order valence-corrected chi connectivity index (χ4v) is 3.63. The molecule has 0 bridgehead atoms. The number of carbonyl (C=O) groups is 1. The molecule has 0 unspecified atom stereocenters. The molecule has 5 nitrogen and oxygen atoms in total. The Morgan fingerprint density at radius 3 is 2.59 bits per heavy atom. The van der Waals surface area contributed by atoms with Gasteiger partial charge in [0.15, 0.2) is 0 Å². The zero-order valence-corrected chi connectivity index (χ0v) is 18.1. The normalized spacial score (nSPS) is 16.0. The van der Waals surface area contributed by atoms with Gasteiger partial charge in [-0.25, -0.2) is 9.37 Å². The monoisotopic (exact) mass is 438 g/mol. The summed E-state index contributed by atoms with van der Waals surface area (Å²) in [7, 11) is 3.87. The van der Waals surface area contributed by atoms with E-state index in [9.17, 15) is 4.79 Å². The van der Waals surface area contributed by atoms with Crippen LogP contribution in [-0.4, -0.2) is 55.2 Å². The van der Waals surface area contributed by atoms with Gasteiger partial charge in [-0.15, -0.1) is 0 Å². The van der Waals surface area contributed by atoms with E-state index in [1.165, 1.54) is 0 Å². The van der Waals surface area contributed by atoms with Gasteiger partial charge in [-0.2, -0.15) is 0 Å². The van der Waals surface area contributed by atoms with Crippen molar-refractivity contribution in [3.8, 4) is 0 Å². The third-order valence-electron chi connectivity index (χ3n) is 5.11. The summed E-state index contributed by atoms with van der Waals surface area (Å²) in [6.07, 6.45) is 0.580. The number of nitrogens with zero attached hydrogens (tertiary/aromatic N) is 3. The van der Waals surface area contributed by atoms with E-state index in [4.69, 9.17) is 23.2 Å². The first-order valence-electron chi connectivity index (χ1n) is 9.55. The van der Waals surface area contributed by atoms with Gasteiger partial charge in [0, 0.05) is 58.7 Å². The van der Waals surface area contributed by atoms with Crippen molar-refractivity contribution in [3.63, 3.8) is 0 Å². The average molecular weight is 439 g/mol. The van der Waals surface area contributed by atoms with Crippen molar-refractivity contribution in [2.75, 3.05) is 38.6 Å². The number of likely N-dealkylation sites (tertiary alicyclic amines) is 1. The van der Waals surface area contributed by atoms with Crippen LogP contribution in [0.2, 0.25) is 10.0 Å². The third-order valence-corrected chi connectivity index (χ3v) is 5.85. The number of anilines is 1. The Bertz CT molecular complexity index is 870. The number of aromatic nitrogens is 1. The Hall–Kier alpha value is -1.89. The highest BCUT2D eigenvalue weighted by molar-refractivity contribution is 6.42. The first kappa shape index (κ1) is 21.8. The average Bonchev–Trinajstić information content (AvgIpc) is 2.70. The molecule has 2 heterocycles. The molecule has 1 N–H and O–H groups in total. The van der Waals surface area contributed by atoms with Crippen LogP contribution in [0.15, 0.2) is 36.4 Å². The Morgan fingerprint density at radius 1 is 1.21 bits per heavy atom. The highest BCUT2D eigenvalue weighted by Gasteiger charge is 2.35. The topological polar surface area (TPSA) is 48.5 Å². The Balaban J connectivity index is 1.50. The SMILES string of the molecule is CN(C)c1cccc(CNCC2(F)CCN(C(=O)c3ccc(Cl)c(Cl)c3)CC2)n1. The molecule has 1 aromatic carbocycles. The summed E-state index contributed by atoms with van der Waals surface area (Å²) < 4.78 is 15.2. The van der Waals surface area contributed by atoms with Crippen molar-refractivity contribution in [1.82, 2.24) is 15.2 Å². The molecular weight excluding hydrogens is 414 g/mol. The van der Waals surface area contributed by atoms with Gasteiger partial charge in [0.25, 0.3) is 5.91 Å². The number of hydrogen-bond donors (Lipinski definition) is 1. The molecule has 0 aliphatic carbocycles. The number of rotatable bonds is 6. The van der Waals surface area contributed by atoms with E-state index in [0.29, 0.717) is 35.2 Å². The van der Waals surface area contributed by atoms with E-state index < -0.39 is 5.67 Å². The van der Waals surface area contributed by atoms with Gasteiger partial charge in [-0.3, -0.25) is 4.79 Å². The molecular formula is C21H25Cl2FN4O. The lowest BCUT2D eigenvalue weighted by molar-refractivity contribution is 0.0434. The fourth-order valence-electron chi connectivity index (χ4n) is 3.33. The molecule has 2 aromatic rings. The number of alkyl halides is 1. The van der Waals surface area contributed by atoms with Crippen LogP contribution in [0.1, 0.15) is 28.9 Å². The Labute approximate surface area is 180 Å². The van der Waals surface area contributed by atoms with Crippen molar-refractivity contribution in [2.45, 2.75) is 25.1 Å². The van der Waals surface area contributed by atoms with Crippen LogP contribution in [0, 0.1) is 0 Å². The Morgan fingerprint density at radius 2 is 1.93 bits per heavy atom. The maximum atomic E-state index is 15.2. The number of carbonyl (C=O) groups excluding carboxylic acids is 1. The second kappa shape index (κ2) is 9.28. The van der Waals surface area contributed by atoms with Crippen LogP contribution < -0.4 is 10.2 Å². The number of piperidine rings is 1. The fraction of sp³-hybridized carbons (Fsp3) is 0.429. The number of nitrogens with one attached hydrogen (secondary N) is 1. The minimum atomic E-state index is -1.34. The largest absolute Gasteiger partial charge is 0.363 e. The van der Waals surface area contributed by atoms with Crippen LogP contribution in [0.5, 0.6) is 0 Å². The molecule has 0 radical (unpaired) electrons. The summed E-state index contributed by atoms with van der Waals surface area (Å²) in [4.78, 5) is 20.8. The minimum Gasteiger partial charge on any atom is -0.363 e. The summed E-state index contributed by atoms with van der Waals surface area (Å²) >= 11 is 11.9. The summed E-state index contributed by atoms with van der Waals surface area (Å²) in [6.45, 7) is 1.46. The molecule has 1 aliphatic heterocycles. The van der Waals surface area contributed by atoms with Crippen LogP contribution in [0.25, 0.3) is 0 Å². The van der Waals surface area contributed by atoms with Gasteiger partial charge in [0.05, 0.1) is 15.7 Å². The smallest absolute Gasteiger partial charge is 0.253 e. The lowest BCUT2D eigenvalue weighted by Crippen LogP contribution is -2.48. The second-order valence-corrected chi connectivity index (χ2v) is 8.37. The highest BCUT2D eigenvalue weighted by Crippen LogP contribution is 2.28. The molecule has 156 valence electrons. The van der Waals surface area contributed by atoms with Gasteiger partial charge < -0.3 is 15.1 Å². The number of hydrogen-bond acceptors (Lipinski definition) is 4. The molecule has 8 heteroatoms. The quantitative estimate of drug-likeness (QED) is 0.734. The van der Waals surface area contributed by atoms with E-state index in [1.54, 1.807) is 23.1 Å². The minimum absolute atomic E-state index is 0.150. The van der Waals surface area contributed by atoms with Crippen molar-refractivity contribution < 1.29 is 9.18 Å². The van der Waals surface area contributed by atoms with E-state index in [2.05, 4.69) is 10.3 Å². The van der Waals surface area contributed by atoms with Crippen molar-refractivity contribution in [2.24, 2.45) is 0 Å². The van der Waals surface area contributed by atoms with Crippen LogP contribution >= 0.6 is 23.2 Å². The zero-order chi connectivity index (χ0) is 21.0. The van der Waals surface area contributed by atoms with Crippen molar-refractivity contribution >= 4 is 34.9 Å². The summed E-state index contributed by atoms with van der Waals surface area (Å²) in [5.41, 5.74) is -0.00381. The maximum Gasteiger partial charge on any atom is 0.253 e. The number of benzene rings is 1. The number of halogens is 3. The third kappa shape index (κ3) is 5.59. The predicted octanol–water partition coefficient (Wildman–Crippen LogP) is 4.19. The standard InChI is InChI=1S/C21H25Cl2FN4O/c1-27(2)19-5-3-4-16(26-19)13-25-14-21(24)8-10-28(11-9-21)20(29)15-6-7-17(22)18(23)12-15/h3-7,12,25H,8-11,13-14H2,1-2H3. The van der Waals surface area contributed by atoms with Gasteiger partial charge in [0.2, 0.25) is 0 Å². The maximum absolute atomic E-state index is 15.2. The van der Waals surface area contributed by atoms with Crippen molar-refractivity contribution in [3.05, 3.63) is 57.7 Å². The van der Waals surface area contributed by atoms with Gasteiger partial charge in [-0.05, 0) is 30.3 Å². The van der Waals surface area contributed by atoms with Gasteiger partial charge >= 0.3 is 0 Å². The Kier molecular flexibility index (Phi) is 6.98. The van der Waals surface area contributed by atoms with E-state index in [0.717, 1.165) is 11.5 Å². The molecule has 1 amide bonds. The summed E-state index contributed by atoms with van der Waals surface area (Å²) in [5.74, 6) is 0.719.